The number of unbranched alkanes of at least 4 members (excludes halogenated alkanes) is 1. The van der Waals surface area contributed by atoms with Crippen molar-refractivity contribution >= 4 is 5.97 Å². The van der Waals surface area contributed by atoms with Crippen LogP contribution in [0.4, 0.5) is 0 Å². The molecule has 2 heterocycles. The Morgan fingerprint density at radius 2 is 1.52 bits per heavy atom. The highest BCUT2D eigenvalue weighted by Gasteiger charge is 2.15. The standard InChI is InChI=1S/C33H53N7O4/c1-4-15-38(16-5-2)17-6-7-18-39(28-33(42)44-23-22-43-21-20-41)24-29-8-10-30(11-9-29)25-40(26-31-34-12-13-35-31)27-32-36-14-19-37(32)3/h8-14,19,41H,4-7,15-18,20-28H2,1-3H3,(H,34,35). The van der Waals surface area contributed by atoms with Crippen LogP contribution < -0.4 is 0 Å². The number of aryl methyl sites for hydroxylation is 1. The van der Waals surface area contributed by atoms with Crippen molar-refractivity contribution in [2.45, 2.75) is 65.7 Å². The molecule has 0 amide bonds. The molecule has 0 atom stereocenters. The molecular formula is C33H53N7O4. The van der Waals surface area contributed by atoms with Crippen LogP contribution in [0.15, 0.2) is 49.1 Å². The van der Waals surface area contributed by atoms with Crippen molar-refractivity contribution < 1.29 is 19.4 Å². The van der Waals surface area contributed by atoms with Crippen molar-refractivity contribution in [3.63, 3.8) is 0 Å². The van der Waals surface area contributed by atoms with Crippen LogP contribution in [-0.4, -0.2) is 104 Å². The first kappa shape index (κ1) is 35.4. The number of nitrogens with zero attached hydrogens (tertiary/aromatic N) is 6. The van der Waals surface area contributed by atoms with E-state index in [1.165, 1.54) is 18.4 Å². The van der Waals surface area contributed by atoms with Crippen LogP contribution >= 0.6 is 0 Å². The van der Waals surface area contributed by atoms with Crippen LogP contribution in [0.25, 0.3) is 0 Å². The molecular weight excluding hydrogens is 558 g/mol. The maximum atomic E-state index is 12.7. The van der Waals surface area contributed by atoms with E-state index >= 15 is 0 Å². The van der Waals surface area contributed by atoms with Gasteiger partial charge in [-0.25, -0.2) is 9.97 Å². The lowest BCUT2D eigenvalue weighted by atomic mass is 10.1. The highest BCUT2D eigenvalue weighted by molar-refractivity contribution is 5.71. The number of hydrogen-bond donors (Lipinski definition) is 2. The minimum atomic E-state index is -0.254. The number of aliphatic hydroxyl groups is 1. The van der Waals surface area contributed by atoms with Crippen molar-refractivity contribution in [3.05, 3.63) is 71.8 Å². The predicted octanol–water partition coefficient (Wildman–Crippen LogP) is 3.60. The first-order valence-electron chi connectivity index (χ1n) is 16.0. The number of rotatable bonds is 24. The van der Waals surface area contributed by atoms with Crippen LogP contribution in [-0.2, 0) is 47.5 Å². The van der Waals surface area contributed by atoms with Gasteiger partial charge in [-0.3, -0.25) is 14.6 Å². The zero-order valence-corrected chi connectivity index (χ0v) is 27.0. The molecule has 244 valence electrons. The minimum Gasteiger partial charge on any atom is -0.462 e. The van der Waals surface area contributed by atoms with Gasteiger partial charge in [0.15, 0.2) is 0 Å². The molecule has 11 heteroatoms. The molecule has 3 aromatic rings. The van der Waals surface area contributed by atoms with Crippen molar-refractivity contribution in [2.75, 3.05) is 59.2 Å². The summed E-state index contributed by atoms with van der Waals surface area (Å²) in [5, 5.41) is 8.85. The van der Waals surface area contributed by atoms with Crippen molar-refractivity contribution in [1.29, 1.82) is 0 Å². The molecule has 0 bridgehead atoms. The van der Waals surface area contributed by atoms with Crippen LogP contribution in [0.1, 0.15) is 62.3 Å². The third-order valence-corrected chi connectivity index (χ3v) is 7.41. The molecule has 0 saturated heterocycles. The van der Waals surface area contributed by atoms with Crippen LogP contribution in [0, 0.1) is 0 Å². The second-order valence-electron chi connectivity index (χ2n) is 11.3. The molecule has 0 unspecified atom stereocenters. The van der Waals surface area contributed by atoms with Crippen molar-refractivity contribution in [3.8, 4) is 0 Å². The monoisotopic (exact) mass is 611 g/mol. The molecule has 2 N–H and O–H groups in total. The van der Waals surface area contributed by atoms with E-state index in [1.54, 1.807) is 6.20 Å². The fourth-order valence-electron chi connectivity index (χ4n) is 5.24. The summed E-state index contributed by atoms with van der Waals surface area (Å²) in [6, 6.07) is 8.66. The third-order valence-electron chi connectivity index (χ3n) is 7.41. The summed E-state index contributed by atoms with van der Waals surface area (Å²) in [4.78, 5) is 31.8. The number of ether oxygens (including phenoxy) is 2. The minimum absolute atomic E-state index is 0.0411. The molecule has 44 heavy (non-hydrogen) atoms. The number of carbonyl (C=O) groups is 1. The maximum Gasteiger partial charge on any atom is 0.320 e. The number of benzene rings is 1. The normalized spacial score (nSPS) is 11.7. The van der Waals surface area contributed by atoms with Crippen LogP contribution in [0.5, 0.6) is 0 Å². The van der Waals surface area contributed by atoms with E-state index in [2.05, 4.69) is 67.8 Å². The average Bonchev–Trinajstić information content (AvgIpc) is 3.67. The van der Waals surface area contributed by atoms with Gasteiger partial charge in [0.25, 0.3) is 0 Å². The van der Waals surface area contributed by atoms with Crippen LogP contribution in [0.3, 0.4) is 0 Å². The Balaban J connectivity index is 1.59. The predicted molar refractivity (Wildman–Crippen MR) is 172 cm³/mol. The van der Waals surface area contributed by atoms with Gasteiger partial charge in [-0.15, -0.1) is 0 Å². The third kappa shape index (κ3) is 13.7. The lowest BCUT2D eigenvalue weighted by Crippen LogP contribution is -2.33. The first-order valence-corrected chi connectivity index (χ1v) is 16.0. The molecule has 3 rings (SSSR count). The Morgan fingerprint density at radius 3 is 2.11 bits per heavy atom. The van der Waals surface area contributed by atoms with E-state index in [0.29, 0.717) is 19.6 Å². The van der Waals surface area contributed by atoms with Gasteiger partial charge < -0.3 is 29.0 Å². The summed E-state index contributed by atoms with van der Waals surface area (Å²) < 4.78 is 12.7. The molecule has 0 saturated carbocycles. The largest absolute Gasteiger partial charge is 0.462 e. The Morgan fingerprint density at radius 1 is 0.841 bits per heavy atom. The fraction of sp³-hybridized carbons (Fsp3) is 0.606. The molecule has 0 spiro atoms. The van der Waals surface area contributed by atoms with Gasteiger partial charge in [-0.05, 0) is 63.0 Å². The van der Waals surface area contributed by atoms with Gasteiger partial charge in [-0.1, -0.05) is 38.1 Å². The molecule has 0 radical (unpaired) electrons. The summed E-state index contributed by atoms with van der Waals surface area (Å²) >= 11 is 0. The topological polar surface area (TPSA) is 112 Å². The highest BCUT2D eigenvalue weighted by Crippen LogP contribution is 2.15. The van der Waals surface area contributed by atoms with E-state index < -0.39 is 0 Å². The summed E-state index contributed by atoms with van der Waals surface area (Å²) in [6.07, 6.45) is 11.9. The molecule has 11 nitrogen and oxygen atoms in total. The lowest BCUT2D eigenvalue weighted by Gasteiger charge is -2.24. The number of nitrogens with one attached hydrogen (secondary N) is 1. The Kier molecular flexibility index (Phi) is 16.7. The maximum absolute atomic E-state index is 12.7. The molecule has 1 aromatic carbocycles. The average molecular weight is 612 g/mol. The molecule has 0 aliphatic heterocycles. The Labute approximate surface area is 263 Å². The zero-order chi connectivity index (χ0) is 31.4. The number of hydrogen-bond acceptors (Lipinski definition) is 9. The fourth-order valence-corrected chi connectivity index (χ4v) is 5.24. The number of aliphatic hydroxyl groups excluding tert-OH is 1. The number of aromatic amines is 1. The van der Waals surface area contributed by atoms with Crippen LogP contribution in [0.2, 0.25) is 0 Å². The first-order chi connectivity index (χ1) is 21.5. The zero-order valence-electron chi connectivity index (χ0n) is 27.0. The smallest absolute Gasteiger partial charge is 0.320 e. The van der Waals surface area contributed by atoms with Gasteiger partial charge in [0.1, 0.15) is 18.3 Å². The van der Waals surface area contributed by atoms with E-state index in [1.807, 2.05) is 30.2 Å². The second kappa shape index (κ2) is 20.8. The van der Waals surface area contributed by atoms with E-state index in [0.717, 1.165) is 62.8 Å². The SMILES string of the molecule is CCCN(CCC)CCCCN(CC(=O)OCCOCCO)Cc1ccc(CN(Cc2ncc[nH]2)Cc2nccn2C)cc1. The second-order valence-corrected chi connectivity index (χ2v) is 11.3. The number of esters is 1. The van der Waals surface area contributed by atoms with Gasteiger partial charge in [0, 0.05) is 44.9 Å². The summed E-state index contributed by atoms with van der Waals surface area (Å²) in [7, 11) is 2.02. The molecule has 2 aromatic heterocycles. The number of carbonyl (C=O) groups excluding carboxylic acids is 1. The molecule has 0 aliphatic rings. The van der Waals surface area contributed by atoms with Gasteiger partial charge in [0.2, 0.25) is 0 Å². The van der Waals surface area contributed by atoms with E-state index in [4.69, 9.17) is 14.6 Å². The van der Waals surface area contributed by atoms with Crippen molar-refractivity contribution in [2.24, 2.45) is 7.05 Å². The molecule has 0 fully saturated rings. The Hall–Kier alpha value is -3.09. The van der Waals surface area contributed by atoms with Gasteiger partial charge >= 0.3 is 5.97 Å². The lowest BCUT2D eigenvalue weighted by molar-refractivity contribution is -0.146. The Bertz CT molecular complexity index is 1150. The van der Waals surface area contributed by atoms with Gasteiger partial charge in [-0.2, -0.15) is 0 Å². The highest BCUT2D eigenvalue weighted by atomic mass is 16.6. The number of H-pyrrole nitrogens is 1. The summed E-state index contributed by atoms with van der Waals surface area (Å²) in [5.74, 6) is 1.67. The summed E-state index contributed by atoms with van der Waals surface area (Å²) in [6.45, 7) is 12.4. The van der Waals surface area contributed by atoms with Crippen molar-refractivity contribution in [1.82, 2.24) is 34.2 Å². The number of aromatic nitrogens is 4. The van der Waals surface area contributed by atoms with Gasteiger partial charge in [0.05, 0.1) is 39.5 Å². The quantitative estimate of drug-likeness (QED) is 0.116. The number of imidazole rings is 2. The molecule has 0 aliphatic carbocycles. The van der Waals surface area contributed by atoms with E-state index in [-0.39, 0.29) is 38.9 Å². The van der Waals surface area contributed by atoms with E-state index in [9.17, 15) is 4.79 Å². The summed E-state index contributed by atoms with van der Waals surface area (Å²) in [5.41, 5.74) is 2.36.